The van der Waals surface area contributed by atoms with Crippen molar-refractivity contribution in [3.05, 3.63) is 16.1 Å². The van der Waals surface area contributed by atoms with E-state index in [1.165, 1.54) is 0 Å². The van der Waals surface area contributed by atoms with Crippen molar-refractivity contribution < 1.29 is 5.11 Å². The van der Waals surface area contributed by atoms with E-state index in [9.17, 15) is 5.11 Å². The van der Waals surface area contributed by atoms with Gasteiger partial charge in [0.1, 0.15) is 11.6 Å². The second kappa shape index (κ2) is 8.46. The van der Waals surface area contributed by atoms with Gasteiger partial charge in [-0.3, -0.25) is 0 Å². The predicted octanol–water partition coefficient (Wildman–Crippen LogP) is 3.78. The minimum Gasteiger partial charge on any atom is -0.391 e. The van der Waals surface area contributed by atoms with Gasteiger partial charge in [0, 0.05) is 13.1 Å². The Morgan fingerprint density at radius 2 is 1.79 bits per heavy atom. The number of hydrogen-bond acceptors (Lipinski definition) is 4. The summed E-state index contributed by atoms with van der Waals surface area (Å²) in [5.41, 5.74) is 0. The molecule has 19 heavy (non-hydrogen) atoms. The van der Waals surface area contributed by atoms with Gasteiger partial charge in [-0.2, -0.15) is 0 Å². The summed E-state index contributed by atoms with van der Waals surface area (Å²) in [6, 6.07) is 1.66. The summed E-state index contributed by atoms with van der Waals surface area (Å²) in [5.74, 6) is 1.15. The van der Waals surface area contributed by atoms with Gasteiger partial charge in [-0.15, -0.1) is 0 Å². The molecule has 0 saturated carbocycles. The number of halogens is 2. The Morgan fingerprint density at radius 1 is 1.16 bits per heavy atom. The Balaban J connectivity index is 2.71. The van der Waals surface area contributed by atoms with Crippen LogP contribution in [0.1, 0.15) is 33.1 Å². The van der Waals surface area contributed by atoms with Gasteiger partial charge in [0.25, 0.3) is 0 Å². The quantitative estimate of drug-likeness (QED) is 0.684. The van der Waals surface area contributed by atoms with E-state index in [2.05, 4.69) is 22.5 Å². The fourth-order valence-corrected chi connectivity index (χ4v) is 2.10. The molecule has 0 aliphatic heterocycles. The zero-order valence-corrected chi connectivity index (χ0v) is 12.9. The van der Waals surface area contributed by atoms with Crippen LogP contribution in [0.3, 0.4) is 0 Å². The van der Waals surface area contributed by atoms with Gasteiger partial charge in [-0.1, -0.05) is 43.5 Å². The molecular formula is C13H21Cl2N3O. The number of aromatic nitrogens is 1. The molecule has 0 spiro atoms. The van der Waals surface area contributed by atoms with Crippen LogP contribution >= 0.6 is 23.2 Å². The summed E-state index contributed by atoms with van der Waals surface area (Å²) in [4.78, 5) is 4.34. The van der Waals surface area contributed by atoms with Gasteiger partial charge < -0.3 is 15.7 Å². The fraction of sp³-hybridized carbons (Fsp3) is 0.615. The van der Waals surface area contributed by atoms with Crippen molar-refractivity contribution in [3.63, 3.8) is 0 Å². The standard InChI is InChI=1S/C13H21Cl2N3O/c1-3-5-9(19)8-17-13-11(15)7-10(14)12(18-13)16-6-4-2/h7,9,19H,3-6,8H2,1-2H3,(H2,16,17,18). The van der Waals surface area contributed by atoms with Crippen molar-refractivity contribution in [2.24, 2.45) is 0 Å². The van der Waals surface area contributed by atoms with Crippen molar-refractivity contribution in [3.8, 4) is 0 Å². The lowest BCUT2D eigenvalue weighted by Gasteiger charge is -2.14. The molecule has 0 amide bonds. The lowest BCUT2D eigenvalue weighted by molar-refractivity contribution is 0.176. The van der Waals surface area contributed by atoms with E-state index in [1.54, 1.807) is 6.07 Å². The number of aliphatic hydroxyl groups is 1. The molecule has 4 nitrogen and oxygen atoms in total. The maximum absolute atomic E-state index is 9.69. The largest absolute Gasteiger partial charge is 0.391 e. The summed E-state index contributed by atoms with van der Waals surface area (Å²) in [7, 11) is 0. The molecule has 1 unspecified atom stereocenters. The molecular weight excluding hydrogens is 285 g/mol. The summed E-state index contributed by atoms with van der Waals surface area (Å²) in [6.45, 7) is 5.32. The normalized spacial score (nSPS) is 12.3. The van der Waals surface area contributed by atoms with Gasteiger partial charge in [-0.25, -0.2) is 4.98 Å². The van der Waals surface area contributed by atoms with Crippen molar-refractivity contribution in [2.45, 2.75) is 39.2 Å². The smallest absolute Gasteiger partial charge is 0.147 e. The maximum atomic E-state index is 9.69. The van der Waals surface area contributed by atoms with Gasteiger partial charge in [0.05, 0.1) is 16.1 Å². The number of anilines is 2. The molecule has 108 valence electrons. The molecule has 0 bridgehead atoms. The first kappa shape index (κ1) is 16.3. The number of rotatable bonds is 8. The lowest BCUT2D eigenvalue weighted by atomic mass is 10.2. The highest BCUT2D eigenvalue weighted by molar-refractivity contribution is 6.37. The Hall–Kier alpha value is -0.710. The highest BCUT2D eigenvalue weighted by Crippen LogP contribution is 2.29. The van der Waals surface area contributed by atoms with Crippen LogP contribution in [0.25, 0.3) is 0 Å². The summed E-state index contributed by atoms with van der Waals surface area (Å²) < 4.78 is 0. The second-order valence-corrected chi connectivity index (χ2v) is 5.21. The first-order valence-electron chi connectivity index (χ1n) is 6.60. The van der Waals surface area contributed by atoms with Gasteiger partial charge >= 0.3 is 0 Å². The van der Waals surface area contributed by atoms with E-state index in [-0.39, 0.29) is 0 Å². The van der Waals surface area contributed by atoms with Crippen LogP contribution in [0.2, 0.25) is 10.0 Å². The second-order valence-electron chi connectivity index (χ2n) is 4.40. The average molecular weight is 306 g/mol. The van der Waals surface area contributed by atoms with Crippen LogP contribution in [0, 0.1) is 0 Å². The van der Waals surface area contributed by atoms with E-state index < -0.39 is 6.10 Å². The van der Waals surface area contributed by atoms with Crippen molar-refractivity contribution in [1.82, 2.24) is 4.98 Å². The molecule has 0 saturated heterocycles. The molecule has 0 aromatic carbocycles. The molecule has 1 aromatic rings. The minimum absolute atomic E-state index is 0.398. The molecule has 0 radical (unpaired) electrons. The minimum atomic E-state index is -0.398. The van der Waals surface area contributed by atoms with Crippen molar-refractivity contribution in [2.75, 3.05) is 23.7 Å². The highest BCUT2D eigenvalue weighted by Gasteiger charge is 2.10. The molecule has 0 aliphatic rings. The monoisotopic (exact) mass is 305 g/mol. The predicted molar refractivity (Wildman–Crippen MR) is 82.4 cm³/mol. The first-order chi connectivity index (χ1) is 9.08. The zero-order chi connectivity index (χ0) is 14.3. The molecule has 1 heterocycles. The molecule has 1 rings (SSSR count). The summed E-state index contributed by atoms with van der Waals surface area (Å²) in [5, 5.41) is 16.8. The topological polar surface area (TPSA) is 57.2 Å². The van der Waals surface area contributed by atoms with Crippen LogP contribution in [0.5, 0.6) is 0 Å². The summed E-state index contributed by atoms with van der Waals surface area (Å²) in [6.07, 6.45) is 2.27. The van der Waals surface area contributed by atoms with Gasteiger partial charge in [0.15, 0.2) is 0 Å². The van der Waals surface area contributed by atoms with E-state index in [0.29, 0.717) is 28.2 Å². The number of hydrogen-bond donors (Lipinski definition) is 3. The number of nitrogens with zero attached hydrogens (tertiary/aromatic N) is 1. The number of aliphatic hydroxyl groups excluding tert-OH is 1. The van der Waals surface area contributed by atoms with Crippen LogP contribution < -0.4 is 10.6 Å². The van der Waals surface area contributed by atoms with E-state index in [0.717, 1.165) is 25.8 Å². The zero-order valence-electron chi connectivity index (χ0n) is 11.3. The SMILES string of the molecule is CCCNc1nc(NCC(O)CCC)c(Cl)cc1Cl. The van der Waals surface area contributed by atoms with Crippen LogP contribution in [0.15, 0.2) is 6.07 Å². The summed E-state index contributed by atoms with van der Waals surface area (Å²) >= 11 is 12.1. The van der Waals surface area contributed by atoms with Crippen LogP contribution in [-0.2, 0) is 0 Å². The molecule has 1 atom stereocenters. The third kappa shape index (κ3) is 5.43. The van der Waals surface area contributed by atoms with Gasteiger partial charge in [0.2, 0.25) is 0 Å². The van der Waals surface area contributed by atoms with E-state index in [1.807, 2.05) is 6.92 Å². The van der Waals surface area contributed by atoms with Gasteiger partial charge in [-0.05, 0) is 18.9 Å². The Kier molecular flexibility index (Phi) is 7.28. The third-order valence-corrected chi connectivity index (χ3v) is 3.18. The van der Waals surface area contributed by atoms with Crippen LogP contribution in [0.4, 0.5) is 11.6 Å². The molecule has 0 fully saturated rings. The van der Waals surface area contributed by atoms with Crippen LogP contribution in [-0.4, -0.2) is 29.3 Å². The maximum Gasteiger partial charge on any atom is 0.147 e. The Bertz CT molecular complexity index is 402. The molecule has 0 aliphatic carbocycles. The lowest BCUT2D eigenvalue weighted by Crippen LogP contribution is -2.20. The first-order valence-corrected chi connectivity index (χ1v) is 7.35. The van der Waals surface area contributed by atoms with Crippen molar-refractivity contribution >= 4 is 34.8 Å². The average Bonchev–Trinajstić information content (AvgIpc) is 2.37. The Morgan fingerprint density at radius 3 is 2.37 bits per heavy atom. The number of nitrogens with one attached hydrogen (secondary N) is 2. The van der Waals surface area contributed by atoms with Crippen molar-refractivity contribution in [1.29, 1.82) is 0 Å². The molecule has 1 aromatic heterocycles. The molecule has 6 heteroatoms. The third-order valence-electron chi connectivity index (χ3n) is 2.60. The highest BCUT2D eigenvalue weighted by atomic mass is 35.5. The molecule has 3 N–H and O–H groups in total. The van der Waals surface area contributed by atoms with E-state index >= 15 is 0 Å². The number of pyridine rings is 1. The Labute approximate surface area is 124 Å². The fourth-order valence-electron chi connectivity index (χ4n) is 1.61. The van der Waals surface area contributed by atoms with E-state index in [4.69, 9.17) is 23.2 Å².